The SMILES string of the molecule is C=CCc1ccccc1OCCn1c(CCNC(=O)c2ccc(OC)cc2)nc2ccccc21. The Labute approximate surface area is 199 Å². The van der Waals surface area contributed by atoms with Gasteiger partial charge in [-0.1, -0.05) is 36.4 Å². The normalized spacial score (nSPS) is 10.7. The maximum atomic E-state index is 12.5. The molecule has 3 aromatic carbocycles. The molecule has 6 nitrogen and oxygen atoms in total. The van der Waals surface area contributed by atoms with Gasteiger partial charge in [-0.3, -0.25) is 4.79 Å². The average molecular weight is 456 g/mol. The third-order valence-electron chi connectivity index (χ3n) is 5.63. The largest absolute Gasteiger partial charge is 0.497 e. The van der Waals surface area contributed by atoms with Crippen LogP contribution in [0.15, 0.2) is 85.5 Å². The molecule has 0 aliphatic rings. The number of carbonyl (C=O) groups is 1. The molecule has 1 amide bonds. The Morgan fingerprint density at radius 3 is 2.62 bits per heavy atom. The Hall–Kier alpha value is -4.06. The summed E-state index contributed by atoms with van der Waals surface area (Å²) in [6, 6.07) is 23.2. The van der Waals surface area contributed by atoms with Gasteiger partial charge < -0.3 is 19.4 Å². The molecule has 0 atom stereocenters. The molecule has 1 heterocycles. The molecule has 0 saturated carbocycles. The average Bonchev–Trinajstić information content (AvgIpc) is 3.22. The van der Waals surface area contributed by atoms with Crippen LogP contribution in [0.5, 0.6) is 11.5 Å². The van der Waals surface area contributed by atoms with Gasteiger partial charge in [0.15, 0.2) is 0 Å². The summed E-state index contributed by atoms with van der Waals surface area (Å²) in [6.45, 7) is 5.48. The molecular formula is C28H29N3O3. The second kappa shape index (κ2) is 11.2. The van der Waals surface area contributed by atoms with E-state index in [1.54, 1.807) is 31.4 Å². The molecule has 4 rings (SSSR count). The topological polar surface area (TPSA) is 65.4 Å². The Morgan fingerprint density at radius 2 is 1.82 bits per heavy atom. The number of benzene rings is 3. The van der Waals surface area contributed by atoms with E-state index in [4.69, 9.17) is 14.5 Å². The van der Waals surface area contributed by atoms with Gasteiger partial charge in [-0.05, 0) is 54.4 Å². The van der Waals surface area contributed by atoms with E-state index >= 15 is 0 Å². The summed E-state index contributed by atoms with van der Waals surface area (Å²) in [6.07, 6.45) is 3.26. The number of nitrogens with zero attached hydrogens (tertiary/aromatic N) is 2. The number of hydrogen-bond donors (Lipinski definition) is 1. The highest BCUT2D eigenvalue weighted by Gasteiger charge is 2.12. The summed E-state index contributed by atoms with van der Waals surface area (Å²) >= 11 is 0. The van der Waals surface area contributed by atoms with Crippen LogP contribution in [0, 0.1) is 0 Å². The van der Waals surface area contributed by atoms with Gasteiger partial charge in [0.1, 0.15) is 23.9 Å². The minimum absolute atomic E-state index is 0.118. The second-order valence-electron chi connectivity index (χ2n) is 7.85. The zero-order valence-corrected chi connectivity index (χ0v) is 19.4. The number of nitrogens with one attached hydrogen (secondary N) is 1. The summed E-state index contributed by atoms with van der Waals surface area (Å²) in [5, 5.41) is 2.99. The van der Waals surface area contributed by atoms with Crippen LogP contribution in [0.4, 0.5) is 0 Å². The maximum absolute atomic E-state index is 12.5. The number of amides is 1. The van der Waals surface area contributed by atoms with Gasteiger partial charge in [-0.25, -0.2) is 4.98 Å². The molecular weight excluding hydrogens is 426 g/mol. The van der Waals surface area contributed by atoms with Crippen LogP contribution in [0.1, 0.15) is 21.7 Å². The van der Waals surface area contributed by atoms with Crippen LogP contribution in [-0.4, -0.2) is 35.7 Å². The molecule has 1 N–H and O–H groups in total. The Bertz CT molecular complexity index is 1260. The molecule has 6 heteroatoms. The highest BCUT2D eigenvalue weighted by atomic mass is 16.5. The first-order valence-corrected chi connectivity index (χ1v) is 11.4. The Kier molecular flexibility index (Phi) is 7.60. The highest BCUT2D eigenvalue weighted by molar-refractivity contribution is 5.94. The summed E-state index contributed by atoms with van der Waals surface area (Å²) in [7, 11) is 1.60. The summed E-state index contributed by atoms with van der Waals surface area (Å²) in [5.74, 6) is 2.39. The van der Waals surface area contributed by atoms with Gasteiger partial charge in [0.25, 0.3) is 5.91 Å². The number of imidazole rings is 1. The van der Waals surface area contributed by atoms with Crippen molar-refractivity contribution < 1.29 is 14.3 Å². The van der Waals surface area contributed by atoms with E-state index in [1.165, 1.54) is 0 Å². The lowest BCUT2D eigenvalue weighted by atomic mass is 10.1. The number of ether oxygens (including phenoxy) is 2. The van der Waals surface area contributed by atoms with Crippen molar-refractivity contribution in [1.29, 1.82) is 0 Å². The lowest BCUT2D eigenvalue weighted by Crippen LogP contribution is -2.26. The molecule has 0 spiro atoms. The molecule has 34 heavy (non-hydrogen) atoms. The minimum Gasteiger partial charge on any atom is -0.497 e. The van der Waals surface area contributed by atoms with Crippen molar-refractivity contribution in [2.45, 2.75) is 19.4 Å². The third kappa shape index (κ3) is 5.46. The molecule has 1 aromatic heterocycles. The number of carbonyl (C=O) groups excluding carboxylic acids is 1. The monoisotopic (exact) mass is 455 g/mol. The van der Waals surface area contributed by atoms with Crippen molar-refractivity contribution in [1.82, 2.24) is 14.9 Å². The van der Waals surface area contributed by atoms with E-state index in [0.29, 0.717) is 31.7 Å². The lowest BCUT2D eigenvalue weighted by molar-refractivity contribution is 0.0954. The van der Waals surface area contributed by atoms with Gasteiger partial charge >= 0.3 is 0 Å². The number of aromatic nitrogens is 2. The number of hydrogen-bond acceptors (Lipinski definition) is 4. The van der Waals surface area contributed by atoms with E-state index in [-0.39, 0.29) is 5.91 Å². The van der Waals surface area contributed by atoms with Crippen molar-refractivity contribution in [2.24, 2.45) is 0 Å². The van der Waals surface area contributed by atoms with Gasteiger partial charge in [0.2, 0.25) is 0 Å². The van der Waals surface area contributed by atoms with Gasteiger partial charge in [0, 0.05) is 18.5 Å². The third-order valence-corrected chi connectivity index (χ3v) is 5.63. The van der Waals surface area contributed by atoms with E-state index in [1.807, 2.05) is 42.5 Å². The zero-order chi connectivity index (χ0) is 23.8. The van der Waals surface area contributed by atoms with Crippen LogP contribution in [0.25, 0.3) is 11.0 Å². The molecule has 0 bridgehead atoms. The number of methoxy groups -OCH3 is 1. The van der Waals surface area contributed by atoms with Gasteiger partial charge in [0.05, 0.1) is 24.7 Å². The van der Waals surface area contributed by atoms with Crippen molar-refractivity contribution in [2.75, 3.05) is 20.3 Å². The summed E-state index contributed by atoms with van der Waals surface area (Å²) in [5.41, 5.74) is 3.71. The van der Waals surface area contributed by atoms with Crippen LogP contribution >= 0.6 is 0 Å². The summed E-state index contributed by atoms with van der Waals surface area (Å²) < 4.78 is 13.4. The fourth-order valence-electron chi connectivity index (χ4n) is 3.91. The predicted molar refractivity (Wildman–Crippen MR) is 135 cm³/mol. The minimum atomic E-state index is -0.118. The highest BCUT2D eigenvalue weighted by Crippen LogP contribution is 2.20. The van der Waals surface area contributed by atoms with Gasteiger partial charge in [-0.15, -0.1) is 6.58 Å². The number of rotatable bonds is 11. The van der Waals surface area contributed by atoms with Crippen molar-refractivity contribution in [3.05, 3.63) is 102 Å². The van der Waals surface area contributed by atoms with Crippen LogP contribution in [0.2, 0.25) is 0 Å². The Morgan fingerprint density at radius 1 is 1.06 bits per heavy atom. The van der Waals surface area contributed by atoms with E-state index in [0.717, 1.165) is 40.3 Å². The lowest BCUT2D eigenvalue weighted by Gasteiger charge is -2.13. The summed E-state index contributed by atoms with van der Waals surface area (Å²) in [4.78, 5) is 17.3. The predicted octanol–water partition coefficient (Wildman–Crippen LogP) is 4.82. The molecule has 0 aliphatic heterocycles. The van der Waals surface area contributed by atoms with Crippen LogP contribution in [0.3, 0.4) is 0 Å². The molecule has 0 fully saturated rings. The van der Waals surface area contributed by atoms with Crippen LogP contribution in [-0.2, 0) is 19.4 Å². The number of allylic oxidation sites excluding steroid dienone is 1. The van der Waals surface area contributed by atoms with Crippen molar-refractivity contribution >= 4 is 16.9 Å². The van der Waals surface area contributed by atoms with E-state index in [2.05, 4.69) is 28.6 Å². The fraction of sp³-hybridized carbons (Fsp3) is 0.214. The fourth-order valence-corrected chi connectivity index (χ4v) is 3.91. The Balaban J connectivity index is 1.41. The van der Waals surface area contributed by atoms with Crippen LogP contribution < -0.4 is 14.8 Å². The van der Waals surface area contributed by atoms with Crippen molar-refractivity contribution in [3.63, 3.8) is 0 Å². The molecule has 4 aromatic rings. The quantitative estimate of drug-likeness (QED) is 0.329. The molecule has 0 aliphatic carbocycles. The van der Waals surface area contributed by atoms with Gasteiger partial charge in [-0.2, -0.15) is 0 Å². The van der Waals surface area contributed by atoms with Crippen molar-refractivity contribution in [3.8, 4) is 11.5 Å². The van der Waals surface area contributed by atoms with E-state index < -0.39 is 0 Å². The molecule has 174 valence electrons. The van der Waals surface area contributed by atoms with E-state index in [9.17, 15) is 4.79 Å². The first-order valence-electron chi connectivity index (χ1n) is 11.4. The molecule has 0 saturated heterocycles. The molecule has 0 radical (unpaired) electrons. The number of fused-ring (bicyclic) bond motifs is 1. The first kappa shape index (κ1) is 23.1. The number of para-hydroxylation sites is 3. The molecule has 0 unspecified atom stereocenters. The smallest absolute Gasteiger partial charge is 0.251 e. The second-order valence-corrected chi connectivity index (χ2v) is 7.85. The maximum Gasteiger partial charge on any atom is 0.251 e. The standard InChI is InChI=1S/C28H29N3O3/c1-3-8-21-9-4-7-12-26(21)34-20-19-31-25-11-6-5-10-24(25)30-27(31)17-18-29-28(32)22-13-15-23(33-2)16-14-22/h3-7,9-16H,1,8,17-20H2,2H3,(H,29,32). The first-order chi connectivity index (χ1) is 16.7. The zero-order valence-electron chi connectivity index (χ0n) is 19.4.